The van der Waals surface area contributed by atoms with Crippen molar-refractivity contribution in [3.63, 3.8) is 0 Å². The second-order valence-corrected chi connectivity index (χ2v) is 8.47. The molecule has 1 amide bonds. The van der Waals surface area contributed by atoms with Crippen LogP contribution in [0.4, 0.5) is 0 Å². The zero-order chi connectivity index (χ0) is 17.4. The van der Waals surface area contributed by atoms with Crippen LogP contribution in [0.1, 0.15) is 26.7 Å². The maximum Gasteiger partial charge on any atom is 0.226 e. The van der Waals surface area contributed by atoms with Crippen LogP contribution in [0.2, 0.25) is 0 Å². The van der Waals surface area contributed by atoms with Crippen molar-refractivity contribution in [3.8, 4) is 0 Å². The molecule has 0 saturated carbocycles. The highest BCUT2D eigenvalue weighted by Crippen LogP contribution is 2.35. The van der Waals surface area contributed by atoms with E-state index in [0.717, 1.165) is 17.4 Å². The normalized spacial score (nSPS) is 27.2. The summed E-state index contributed by atoms with van der Waals surface area (Å²) in [5.41, 5.74) is 2.06. The van der Waals surface area contributed by atoms with Gasteiger partial charge in [-0.2, -0.15) is 4.31 Å². The first-order chi connectivity index (χ1) is 10.6. The number of carbonyl (C=O) groups excluding carboxylic acids is 2. The third-order valence-corrected chi connectivity index (χ3v) is 6.21. The number of piperazine rings is 1. The van der Waals surface area contributed by atoms with Crippen LogP contribution in [0.5, 0.6) is 0 Å². The molecule has 2 aliphatic rings. The third-order valence-electron chi connectivity index (χ3n) is 4.91. The Bertz CT molecular complexity index is 632. The Hall–Kier alpha value is -1.41. The Morgan fingerprint density at radius 3 is 1.91 bits per heavy atom. The van der Waals surface area contributed by atoms with E-state index in [-0.39, 0.29) is 19.0 Å². The topological polar surface area (TPSA) is 97.8 Å². The number of hydrogen-bond acceptors (Lipinski definition) is 5. The zero-order valence-corrected chi connectivity index (χ0v) is 14.6. The zero-order valence-electron chi connectivity index (χ0n) is 13.7. The first-order valence-electron chi connectivity index (χ1n) is 7.71. The predicted octanol–water partition coefficient (Wildman–Crippen LogP) is -0.797. The minimum absolute atomic E-state index is 0.209. The van der Waals surface area contributed by atoms with Crippen LogP contribution < -0.4 is 5.11 Å². The molecule has 1 fully saturated rings. The SMILES string of the molecule is CC1=C(C)C[C@H](C(=O)N2CCN(S(C)(=O)=O)CC2)[C@@H](C(=O)[O-])C1. The van der Waals surface area contributed by atoms with Crippen molar-refractivity contribution in [2.45, 2.75) is 26.7 Å². The van der Waals surface area contributed by atoms with Crippen molar-refractivity contribution in [1.29, 1.82) is 0 Å². The molecule has 0 aromatic rings. The highest BCUT2D eigenvalue weighted by Gasteiger charge is 2.37. The van der Waals surface area contributed by atoms with Crippen molar-refractivity contribution in [2.24, 2.45) is 11.8 Å². The number of amides is 1. The van der Waals surface area contributed by atoms with Gasteiger partial charge in [0.15, 0.2) is 0 Å². The summed E-state index contributed by atoms with van der Waals surface area (Å²) < 4.78 is 24.4. The van der Waals surface area contributed by atoms with Crippen molar-refractivity contribution < 1.29 is 23.1 Å². The number of allylic oxidation sites excluding steroid dienone is 2. The molecule has 0 unspecified atom stereocenters. The van der Waals surface area contributed by atoms with Gasteiger partial charge in [0.1, 0.15) is 0 Å². The maximum atomic E-state index is 12.7. The number of rotatable bonds is 3. The molecule has 1 aliphatic heterocycles. The lowest BCUT2D eigenvalue weighted by molar-refractivity contribution is -0.313. The lowest BCUT2D eigenvalue weighted by Gasteiger charge is -2.39. The van der Waals surface area contributed by atoms with Gasteiger partial charge < -0.3 is 14.8 Å². The Morgan fingerprint density at radius 2 is 1.48 bits per heavy atom. The van der Waals surface area contributed by atoms with Crippen molar-refractivity contribution in [2.75, 3.05) is 32.4 Å². The highest BCUT2D eigenvalue weighted by atomic mass is 32.2. The van der Waals surface area contributed by atoms with Gasteiger partial charge in [0.25, 0.3) is 0 Å². The van der Waals surface area contributed by atoms with E-state index in [2.05, 4.69) is 0 Å². The fourth-order valence-corrected chi connectivity index (χ4v) is 4.10. The fourth-order valence-electron chi connectivity index (χ4n) is 3.27. The number of carboxylic acids is 1. The van der Waals surface area contributed by atoms with Gasteiger partial charge in [-0.05, 0) is 26.7 Å². The van der Waals surface area contributed by atoms with E-state index in [1.165, 1.54) is 4.31 Å². The summed E-state index contributed by atoms with van der Waals surface area (Å²) in [5, 5.41) is 11.4. The lowest BCUT2D eigenvalue weighted by Crippen LogP contribution is -2.53. The average molecular weight is 343 g/mol. The lowest BCUT2D eigenvalue weighted by atomic mass is 9.76. The molecule has 2 rings (SSSR count). The van der Waals surface area contributed by atoms with Crippen molar-refractivity contribution >= 4 is 21.9 Å². The van der Waals surface area contributed by atoms with Gasteiger partial charge in [0.05, 0.1) is 12.2 Å². The van der Waals surface area contributed by atoms with Crippen LogP contribution in [0.3, 0.4) is 0 Å². The second-order valence-electron chi connectivity index (χ2n) is 6.49. The maximum absolute atomic E-state index is 12.7. The minimum atomic E-state index is -3.26. The summed E-state index contributed by atoms with van der Waals surface area (Å²) >= 11 is 0. The summed E-state index contributed by atoms with van der Waals surface area (Å²) in [5.74, 6) is -2.82. The number of nitrogens with zero attached hydrogens (tertiary/aromatic N) is 2. The number of carbonyl (C=O) groups is 2. The van der Waals surface area contributed by atoms with Crippen LogP contribution in [-0.2, 0) is 19.6 Å². The number of aliphatic carboxylic acids is 1. The van der Waals surface area contributed by atoms with Crippen LogP contribution in [0, 0.1) is 11.8 Å². The van der Waals surface area contributed by atoms with Gasteiger partial charge in [0.2, 0.25) is 15.9 Å². The molecule has 1 heterocycles. The van der Waals surface area contributed by atoms with E-state index in [1.54, 1.807) is 4.90 Å². The molecule has 1 aliphatic carbocycles. The average Bonchev–Trinajstić information content (AvgIpc) is 2.48. The molecule has 7 nitrogen and oxygen atoms in total. The molecule has 0 N–H and O–H groups in total. The molecule has 2 atom stereocenters. The summed E-state index contributed by atoms with van der Waals surface area (Å²) in [6, 6.07) is 0. The molecule has 0 aromatic heterocycles. The molecule has 0 radical (unpaired) electrons. The first-order valence-corrected chi connectivity index (χ1v) is 9.56. The predicted molar refractivity (Wildman–Crippen MR) is 82.6 cm³/mol. The Morgan fingerprint density at radius 1 is 1.00 bits per heavy atom. The van der Waals surface area contributed by atoms with Crippen molar-refractivity contribution in [1.82, 2.24) is 9.21 Å². The van der Waals surface area contributed by atoms with Gasteiger partial charge in [-0.25, -0.2) is 8.42 Å². The second kappa shape index (κ2) is 6.60. The minimum Gasteiger partial charge on any atom is -0.550 e. The van der Waals surface area contributed by atoms with Crippen molar-refractivity contribution in [3.05, 3.63) is 11.1 Å². The largest absolute Gasteiger partial charge is 0.550 e. The number of hydrogen-bond donors (Lipinski definition) is 0. The summed E-state index contributed by atoms with van der Waals surface area (Å²) in [6.07, 6.45) is 1.91. The summed E-state index contributed by atoms with van der Waals surface area (Å²) in [7, 11) is -3.26. The van der Waals surface area contributed by atoms with E-state index in [0.29, 0.717) is 25.9 Å². The van der Waals surface area contributed by atoms with Crippen LogP contribution >= 0.6 is 0 Å². The van der Waals surface area contributed by atoms with E-state index in [9.17, 15) is 23.1 Å². The monoisotopic (exact) mass is 343 g/mol. The van der Waals surface area contributed by atoms with E-state index in [1.807, 2.05) is 13.8 Å². The Balaban J connectivity index is 2.09. The third kappa shape index (κ3) is 3.92. The van der Waals surface area contributed by atoms with E-state index < -0.39 is 27.8 Å². The summed E-state index contributed by atoms with van der Waals surface area (Å²) in [4.78, 5) is 25.7. The quantitative estimate of drug-likeness (QED) is 0.625. The fraction of sp³-hybridized carbons (Fsp3) is 0.733. The molecule has 0 bridgehead atoms. The van der Waals surface area contributed by atoms with Gasteiger partial charge in [0, 0.05) is 38.1 Å². The van der Waals surface area contributed by atoms with Gasteiger partial charge in [-0.3, -0.25) is 4.79 Å². The van der Waals surface area contributed by atoms with Gasteiger partial charge in [-0.1, -0.05) is 11.1 Å². The Kier molecular flexibility index (Phi) is 5.15. The van der Waals surface area contributed by atoms with Gasteiger partial charge in [-0.15, -0.1) is 0 Å². The molecular weight excluding hydrogens is 320 g/mol. The molecule has 0 aromatic carbocycles. The number of sulfonamides is 1. The first kappa shape index (κ1) is 17.9. The molecule has 8 heteroatoms. The van der Waals surface area contributed by atoms with Crippen LogP contribution in [0.15, 0.2) is 11.1 Å². The van der Waals surface area contributed by atoms with Crippen LogP contribution in [0.25, 0.3) is 0 Å². The highest BCUT2D eigenvalue weighted by molar-refractivity contribution is 7.88. The molecular formula is C15H23N2O5S-. The standard InChI is InChI=1S/C15H24N2O5S/c1-10-8-12(13(15(19)20)9-11(10)2)14(18)16-4-6-17(7-5-16)23(3,21)22/h12-13H,4-9H2,1-3H3,(H,19,20)/p-1/t12-,13-/m0/s1. The smallest absolute Gasteiger partial charge is 0.226 e. The summed E-state index contributed by atoms with van der Waals surface area (Å²) in [6.45, 7) is 4.90. The molecule has 130 valence electrons. The van der Waals surface area contributed by atoms with E-state index >= 15 is 0 Å². The van der Waals surface area contributed by atoms with Gasteiger partial charge >= 0.3 is 0 Å². The number of carboxylic acid groups (broad SMARTS) is 1. The van der Waals surface area contributed by atoms with Crippen LogP contribution in [-0.4, -0.2) is 61.9 Å². The molecule has 0 spiro atoms. The molecule has 23 heavy (non-hydrogen) atoms. The molecule has 1 saturated heterocycles. The van der Waals surface area contributed by atoms with E-state index in [4.69, 9.17) is 0 Å². The Labute approximate surface area is 137 Å².